The molecule has 0 unspecified atom stereocenters. The van der Waals surface area contributed by atoms with E-state index >= 15 is 0 Å². The molecule has 2 saturated heterocycles. The number of nitrogens with zero attached hydrogens (tertiary/aromatic N) is 4. The average molecular weight is 763 g/mol. The predicted octanol–water partition coefficient (Wildman–Crippen LogP) is 5.54. The molecule has 0 aliphatic carbocycles. The average Bonchev–Trinajstić information content (AvgIpc) is 3.50. The standard InChI is InChI=1S/C30H30N6O10S4/c37-21-11-9-17(35(43)44)15-19(21)31-23(39)7-3-1-5-13-33-27(41)25(49-29(33)47)26-28(42)34(30(48)50-26)14-6-2-4-8-24(40)32-20-16-18(36(45)46)10-12-22(20)38/h9-12,15-16,37-38H,1-8,13-14H2,(H,31,39)(H,32,40)/b26-25+. The highest BCUT2D eigenvalue weighted by atomic mass is 32.2. The van der Waals surface area contributed by atoms with Gasteiger partial charge in [-0.2, -0.15) is 0 Å². The maximum absolute atomic E-state index is 13.2. The first-order chi connectivity index (χ1) is 23.8. The van der Waals surface area contributed by atoms with Crippen molar-refractivity contribution >= 4 is 103 Å². The van der Waals surface area contributed by atoms with Crippen LogP contribution in [0.2, 0.25) is 0 Å². The number of rotatable bonds is 16. The molecule has 0 aromatic heterocycles. The molecule has 4 amide bonds. The molecule has 0 atom stereocenters. The van der Waals surface area contributed by atoms with Gasteiger partial charge in [0.15, 0.2) is 0 Å². The number of phenols is 2. The van der Waals surface area contributed by atoms with Crippen molar-refractivity contribution in [2.45, 2.75) is 51.4 Å². The Hall–Kier alpha value is -4.66. The van der Waals surface area contributed by atoms with Crippen LogP contribution in [0.4, 0.5) is 22.7 Å². The first-order valence-corrected chi connectivity index (χ1v) is 17.6. The molecule has 2 heterocycles. The summed E-state index contributed by atoms with van der Waals surface area (Å²) in [6, 6.07) is 6.64. The Morgan fingerprint density at radius 1 is 0.680 bits per heavy atom. The van der Waals surface area contributed by atoms with Gasteiger partial charge in [0.25, 0.3) is 23.2 Å². The zero-order chi connectivity index (χ0) is 36.5. The first kappa shape index (κ1) is 38.1. The fraction of sp³-hybridized carbons (Fsp3) is 0.333. The third-order valence-corrected chi connectivity index (χ3v) is 10.4. The molecule has 50 heavy (non-hydrogen) atoms. The number of anilines is 2. The molecule has 0 bridgehead atoms. The number of hydrogen-bond donors (Lipinski definition) is 4. The molecule has 20 heteroatoms. The monoisotopic (exact) mass is 762 g/mol. The molecule has 16 nitrogen and oxygen atoms in total. The highest BCUT2D eigenvalue weighted by Crippen LogP contribution is 2.42. The first-order valence-electron chi connectivity index (χ1n) is 15.1. The van der Waals surface area contributed by atoms with E-state index in [2.05, 4.69) is 10.6 Å². The molecule has 2 aliphatic heterocycles. The van der Waals surface area contributed by atoms with Gasteiger partial charge in [-0.1, -0.05) is 60.8 Å². The van der Waals surface area contributed by atoms with Crippen LogP contribution in [0.5, 0.6) is 11.5 Å². The van der Waals surface area contributed by atoms with Crippen molar-refractivity contribution in [3.05, 3.63) is 66.4 Å². The lowest BCUT2D eigenvalue weighted by Crippen LogP contribution is -2.31. The minimum atomic E-state index is -0.637. The van der Waals surface area contributed by atoms with E-state index < -0.39 is 33.5 Å². The number of benzene rings is 2. The molecule has 2 aliphatic rings. The van der Waals surface area contributed by atoms with Crippen LogP contribution in [0.1, 0.15) is 51.4 Å². The van der Waals surface area contributed by atoms with Gasteiger partial charge in [0.05, 0.1) is 31.0 Å². The van der Waals surface area contributed by atoms with E-state index in [1.807, 2.05) is 0 Å². The predicted molar refractivity (Wildman–Crippen MR) is 195 cm³/mol. The molecule has 0 saturated carbocycles. The molecular weight excluding hydrogens is 733 g/mol. The number of unbranched alkanes of at least 4 members (excludes halogenated alkanes) is 4. The molecule has 264 valence electrons. The lowest BCUT2D eigenvalue weighted by molar-refractivity contribution is -0.385. The van der Waals surface area contributed by atoms with Crippen LogP contribution < -0.4 is 10.6 Å². The maximum Gasteiger partial charge on any atom is 0.271 e. The summed E-state index contributed by atoms with van der Waals surface area (Å²) in [4.78, 5) is 74.9. The third kappa shape index (κ3) is 9.73. The van der Waals surface area contributed by atoms with Gasteiger partial charge in [-0.05, 0) is 37.8 Å². The molecule has 0 spiro atoms. The summed E-state index contributed by atoms with van der Waals surface area (Å²) in [5.74, 6) is -2.26. The van der Waals surface area contributed by atoms with E-state index in [0.29, 0.717) is 47.2 Å². The number of hydrogen-bond acceptors (Lipinski definition) is 14. The van der Waals surface area contributed by atoms with Crippen molar-refractivity contribution in [1.82, 2.24) is 9.80 Å². The summed E-state index contributed by atoms with van der Waals surface area (Å²) in [5, 5.41) is 46.6. The Morgan fingerprint density at radius 3 is 1.42 bits per heavy atom. The highest BCUT2D eigenvalue weighted by molar-refractivity contribution is 8.29. The van der Waals surface area contributed by atoms with Crippen molar-refractivity contribution in [1.29, 1.82) is 0 Å². The molecule has 4 rings (SSSR count). The zero-order valence-electron chi connectivity index (χ0n) is 26.1. The Balaban J connectivity index is 1.18. The van der Waals surface area contributed by atoms with Crippen LogP contribution in [0.3, 0.4) is 0 Å². The number of thioether (sulfide) groups is 2. The van der Waals surface area contributed by atoms with Gasteiger partial charge < -0.3 is 20.8 Å². The van der Waals surface area contributed by atoms with Crippen LogP contribution in [0.15, 0.2) is 46.2 Å². The number of thiocarbonyl (C=S) groups is 2. The van der Waals surface area contributed by atoms with Crippen LogP contribution in [-0.2, 0) is 19.2 Å². The summed E-state index contributed by atoms with van der Waals surface area (Å²) in [7, 11) is 0. The zero-order valence-corrected chi connectivity index (χ0v) is 29.4. The Bertz CT molecular complexity index is 1680. The van der Waals surface area contributed by atoms with Crippen molar-refractivity contribution in [2.24, 2.45) is 0 Å². The number of non-ortho nitro benzene ring substituents is 2. The Labute approximate surface area is 303 Å². The Kier molecular flexibility index (Phi) is 13.2. The smallest absolute Gasteiger partial charge is 0.271 e. The lowest BCUT2D eigenvalue weighted by atomic mass is 10.1. The van der Waals surface area contributed by atoms with Gasteiger partial charge in [0.1, 0.15) is 20.1 Å². The SMILES string of the molecule is O=C(CCCCCN1C(=O)/C(=C2\SC(=S)N(CCCCCC(=O)Nc3cc([N+](=O)[O-])ccc3O)C2=O)SC1=S)Nc1cc([N+](=O)[O-])ccc1O. The fourth-order valence-electron chi connectivity index (χ4n) is 4.82. The van der Waals surface area contributed by atoms with Gasteiger partial charge >= 0.3 is 0 Å². The van der Waals surface area contributed by atoms with Crippen molar-refractivity contribution in [3.8, 4) is 11.5 Å². The number of carbonyl (C=O) groups is 4. The molecule has 2 fully saturated rings. The normalized spacial score (nSPS) is 15.9. The van der Waals surface area contributed by atoms with Gasteiger partial charge in [0, 0.05) is 50.2 Å². The van der Waals surface area contributed by atoms with Crippen molar-refractivity contribution < 1.29 is 39.2 Å². The van der Waals surface area contributed by atoms with Crippen LogP contribution in [0.25, 0.3) is 0 Å². The topological polar surface area (TPSA) is 226 Å². The molecular formula is C30H30N6O10S4. The van der Waals surface area contributed by atoms with E-state index in [-0.39, 0.29) is 70.0 Å². The second kappa shape index (κ2) is 17.3. The quantitative estimate of drug-likeness (QED) is 0.0411. The van der Waals surface area contributed by atoms with Crippen LogP contribution in [-0.4, -0.2) is 75.2 Å². The summed E-state index contributed by atoms with van der Waals surface area (Å²) < 4.78 is 0.594. The molecule has 2 aromatic carbocycles. The van der Waals surface area contributed by atoms with E-state index in [9.17, 15) is 49.6 Å². The number of carbonyl (C=O) groups excluding carboxylic acids is 4. The Morgan fingerprint density at radius 2 is 1.06 bits per heavy atom. The van der Waals surface area contributed by atoms with Gasteiger partial charge in [0.2, 0.25) is 11.8 Å². The minimum absolute atomic E-state index is 0.0590. The number of aromatic hydroxyl groups is 2. The van der Waals surface area contributed by atoms with Gasteiger partial charge in [-0.3, -0.25) is 49.2 Å². The summed E-state index contributed by atoms with van der Waals surface area (Å²) >= 11 is 12.9. The van der Waals surface area contributed by atoms with Crippen molar-refractivity contribution in [3.63, 3.8) is 0 Å². The number of nitro benzene ring substituents is 2. The van der Waals surface area contributed by atoms with Crippen molar-refractivity contribution in [2.75, 3.05) is 23.7 Å². The van der Waals surface area contributed by atoms with Gasteiger partial charge in [-0.15, -0.1) is 0 Å². The highest BCUT2D eigenvalue weighted by Gasteiger charge is 2.41. The van der Waals surface area contributed by atoms with E-state index in [4.69, 9.17) is 24.4 Å². The second-order valence-electron chi connectivity index (χ2n) is 10.9. The maximum atomic E-state index is 13.2. The number of nitro groups is 2. The van der Waals surface area contributed by atoms with E-state index in [0.717, 1.165) is 59.9 Å². The summed E-state index contributed by atoms with van der Waals surface area (Å²) in [6.07, 6.45) is 3.20. The minimum Gasteiger partial charge on any atom is -0.506 e. The number of phenolic OH excluding ortho intramolecular Hbond substituents is 2. The number of nitrogens with one attached hydrogen (secondary N) is 2. The van der Waals surface area contributed by atoms with Crippen LogP contribution in [0, 0.1) is 20.2 Å². The second-order valence-corrected chi connectivity index (χ2v) is 14.2. The fourth-order valence-corrected chi connectivity index (χ4v) is 7.59. The van der Waals surface area contributed by atoms with Gasteiger partial charge in [-0.25, -0.2) is 0 Å². The molecule has 4 N–H and O–H groups in total. The summed E-state index contributed by atoms with van der Waals surface area (Å²) in [5.41, 5.74) is -0.664. The van der Waals surface area contributed by atoms with E-state index in [1.165, 1.54) is 9.80 Å². The number of amides is 4. The molecule has 2 aromatic rings. The van der Waals surface area contributed by atoms with Crippen LogP contribution >= 0.6 is 48.0 Å². The summed E-state index contributed by atoms with van der Waals surface area (Å²) in [6.45, 7) is 0.548. The largest absolute Gasteiger partial charge is 0.506 e. The molecule has 0 radical (unpaired) electrons. The lowest BCUT2D eigenvalue weighted by Gasteiger charge is -2.14. The van der Waals surface area contributed by atoms with E-state index in [1.54, 1.807) is 0 Å². The third-order valence-electron chi connectivity index (χ3n) is 7.41.